The van der Waals surface area contributed by atoms with Gasteiger partial charge in [0.05, 0.1) is 11.4 Å². The molecule has 0 radical (unpaired) electrons. The molecule has 0 atom stereocenters. The summed E-state index contributed by atoms with van der Waals surface area (Å²) in [5, 5.41) is 13.7. The monoisotopic (exact) mass is 324 g/mol. The topological polar surface area (TPSA) is 55.1 Å². The fraction of sp³-hybridized carbons (Fsp3) is 0.158. The first kappa shape index (κ1) is 15.9. The van der Waals surface area contributed by atoms with Crippen LogP contribution >= 0.6 is 0 Å². The Morgan fingerprint density at radius 3 is 2.33 bits per heavy atom. The number of hydrogen-bond acceptors (Lipinski definition) is 2. The molecule has 122 valence electrons. The number of nitrogens with zero attached hydrogens (tertiary/aromatic N) is 2. The molecular weight excluding hydrogens is 307 g/mol. The van der Waals surface area contributed by atoms with Gasteiger partial charge in [0, 0.05) is 11.1 Å². The van der Waals surface area contributed by atoms with E-state index in [9.17, 15) is 14.3 Å². The number of hydrogen-bond donors (Lipinski definition) is 1. The van der Waals surface area contributed by atoms with Gasteiger partial charge in [-0.2, -0.15) is 5.10 Å². The summed E-state index contributed by atoms with van der Waals surface area (Å²) in [6.07, 6.45) is 0.652. The SMILES string of the molecule is CCc1nn(CC(=O)O)c(-c2ccccc2)c1-c1ccc(F)cc1. The van der Waals surface area contributed by atoms with Gasteiger partial charge in [0.25, 0.3) is 0 Å². The molecule has 3 rings (SSSR count). The molecular formula is C19H17FN2O2. The van der Waals surface area contributed by atoms with Crippen molar-refractivity contribution >= 4 is 5.97 Å². The minimum absolute atomic E-state index is 0.224. The maximum absolute atomic E-state index is 13.3. The van der Waals surface area contributed by atoms with Crippen LogP contribution in [0.25, 0.3) is 22.4 Å². The first-order valence-corrected chi connectivity index (χ1v) is 7.73. The van der Waals surface area contributed by atoms with Crippen LogP contribution in [0.1, 0.15) is 12.6 Å². The molecule has 0 aliphatic carbocycles. The van der Waals surface area contributed by atoms with Gasteiger partial charge in [-0.1, -0.05) is 49.4 Å². The second-order valence-corrected chi connectivity index (χ2v) is 5.45. The third-order valence-corrected chi connectivity index (χ3v) is 3.82. The summed E-state index contributed by atoms with van der Waals surface area (Å²) in [5.74, 6) is -1.26. The molecule has 2 aromatic carbocycles. The molecule has 1 heterocycles. The van der Waals surface area contributed by atoms with Crippen LogP contribution in [0.4, 0.5) is 4.39 Å². The van der Waals surface area contributed by atoms with E-state index >= 15 is 0 Å². The zero-order valence-electron chi connectivity index (χ0n) is 13.2. The Balaban J connectivity index is 2.27. The number of halogens is 1. The van der Waals surface area contributed by atoms with E-state index in [1.165, 1.54) is 16.8 Å². The highest BCUT2D eigenvalue weighted by Crippen LogP contribution is 2.35. The first-order chi connectivity index (χ1) is 11.6. The van der Waals surface area contributed by atoms with Gasteiger partial charge in [0.2, 0.25) is 0 Å². The van der Waals surface area contributed by atoms with E-state index in [0.717, 1.165) is 28.1 Å². The Morgan fingerprint density at radius 2 is 1.75 bits per heavy atom. The number of carbonyl (C=O) groups is 1. The lowest BCUT2D eigenvalue weighted by molar-refractivity contribution is -0.137. The van der Waals surface area contributed by atoms with E-state index in [4.69, 9.17) is 0 Å². The number of benzene rings is 2. The summed E-state index contributed by atoms with van der Waals surface area (Å²) < 4.78 is 14.8. The summed E-state index contributed by atoms with van der Waals surface area (Å²) >= 11 is 0. The van der Waals surface area contributed by atoms with Gasteiger partial charge in [0.1, 0.15) is 12.4 Å². The summed E-state index contributed by atoms with van der Waals surface area (Å²) in [5.41, 5.74) is 4.09. The van der Waals surface area contributed by atoms with Crippen LogP contribution in [0, 0.1) is 5.82 Å². The van der Waals surface area contributed by atoms with Crippen molar-refractivity contribution in [1.82, 2.24) is 9.78 Å². The van der Waals surface area contributed by atoms with E-state index < -0.39 is 5.97 Å². The van der Waals surface area contributed by atoms with Crippen LogP contribution in [-0.2, 0) is 17.8 Å². The molecule has 1 N–H and O–H groups in total. The molecule has 5 heteroatoms. The van der Waals surface area contributed by atoms with Crippen LogP contribution in [0.3, 0.4) is 0 Å². The molecule has 24 heavy (non-hydrogen) atoms. The summed E-state index contributed by atoms with van der Waals surface area (Å²) in [7, 11) is 0. The Bertz CT molecular complexity index is 855. The summed E-state index contributed by atoms with van der Waals surface area (Å²) in [6.45, 7) is 1.74. The van der Waals surface area contributed by atoms with E-state index in [1.807, 2.05) is 37.3 Å². The van der Waals surface area contributed by atoms with Gasteiger partial charge in [-0.15, -0.1) is 0 Å². The van der Waals surface area contributed by atoms with Crippen molar-refractivity contribution in [2.75, 3.05) is 0 Å². The second-order valence-electron chi connectivity index (χ2n) is 5.45. The molecule has 0 fully saturated rings. The van der Waals surface area contributed by atoms with Crippen molar-refractivity contribution in [2.45, 2.75) is 19.9 Å². The Morgan fingerprint density at radius 1 is 1.08 bits per heavy atom. The van der Waals surface area contributed by atoms with Crippen molar-refractivity contribution < 1.29 is 14.3 Å². The maximum Gasteiger partial charge on any atom is 0.325 e. The van der Waals surface area contributed by atoms with Gasteiger partial charge < -0.3 is 5.11 Å². The molecule has 3 aromatic rings. The first-order valence-electron chi connectivity index (χ1n) is 7.73. The lowest BCUT2D eigenvalue weighted by atomic mass is 9.98. The van der Waals surface area contributed by atoms with Crippen LogP contribution in [-0.4, -0.2) is 20.9 Å². The van der Waals surface area contributed by atoms with Crippen molar-refractivity contribution in [3.63, 3.8) is 0 Å². The minimum atomic E-state index is -0.956. The minimum Gasteiger partial charge on any atom is -0.480 e. The van der Waals surface area contributed by atoms with Crippen LogP contribution < -0.4 is 0 Å². The lowest BCUT2D eigenvalue weighted by Gasteiger charge is -2.09. The van der Waals surface area contributed by atoms with Crippen molar-refractivity contribution in [3.8, 4) is 22.4 Å². The average Bonchev–Trinajstić information content (AvgIpc) is 2.94. The Kier molecular flexibility index (Phi) is 4.42. The molecule has 0 bridgehead atoms. The molecule has 1 aromatic heterocycles. The molecule has 4 nitrogen and oxygen atoms in total. The number of aryl methyl sites for hydroxylation is 1. The average molecular weight is 324 g/mol. The third-order valence-electron chi connectivity index (χ3n) is 3.82. The summed E-state index contributed by atoms with van der Waals surface area (Å²) in [6, 6.07) is 15.7. The fourth-order valence-electron chi connectivity index (χ4n) is 2.81. The maximum atomic E-state index is 13.3. The smallest absolute Gasteiger partial charge is 0.325 e. The Labute approximate surface area is 139 Å². The van der Waals surface area contributed by atoms with Gasteiger partial charge in [-0.25, -0.2) is 4.39 Å². The van der Waals surface area contributed by atoms with E-state index in [0.29, 0.717) is 6.42 Å². The number of carboxylic acids is 1. The predicted octanol–water partition coefficient (Wildman–Crippen LogP) is 4.00. The third kappa shape index (κ3) is 3.06. The normalized spacial score (nSPS) is 10.8. The lowest BCUT2D eigenvalue weighted by Crippen LogP contribution is -2.11. The van der Waals surface area contributed by atoms with Crippen LogP contribution in [0.2, 0.25) is 0 Å². The highest BCUT2D eigenvalue weighted by atomic mass is 19.1. The molecule has 0 aliphatic rings. The predicted molar refractivity (Wildman–Crippen MR) is 90.1 cm³/mol. The zero-order valence-corrected chi connectivity index (χ0v) is 13.2. The number of aliphatic carboxylic acids is 1. The molecule has 0 saturated carbocycles. The van der Waals surface area contributed by atoms with Gasteiger partial charge in [-0.05, 0) is 24.1 Å². The highest BCUT2D eigenvalue weighted by Gasteiger charge is 2.21. The molecule has 0 unspecified atom stereocenters. The number of carboxylic acid groups (broad SMARTS) is 1. The van der Waals surface area contributed by atoms with Crippen LogP contribution in [0.15, 0.2) is 54.6 Å². The zero-order chi connectivity index (χ0) is 17.1. The molecule has 0 amide bonds. The van der Waals surface area contributed by atoms with Gasteiger partial charge in [-0.3, -0.25) is 9.48 Å². The number of aromatic nitrogens is 2. The standard InChI is InChI=1S/C19H17FN2O2/c1-2-16-18(13-8-10-15(20)11-9-13)19(14-6-4-3-5-7-14)22(21-16)12-17(23)24/h3-11H,2,12H2,1H3,(H,23,24). The highest BCUT2D eigenvalue weighted by molar-refractivity contribution is 5.84. The quantitative estimate of drug-likeness (QED) is 0.771. The van der Waals surface area contributed by atoms with Crippen molar-refractivity contribution in [1.29, 1.82) is 0 Å². The fourth-order valence-corrected chi connectivity index (χ4v) is 2.81. The molecule has 0 spiro atoms. The molecule has 0 aliphatic heterocycles. The second kappa shape index (κ2) is 6.66. The van der Waals surface area contributed by atoms with Crippen molar-refractivity contribution in [2.24, 2.45) is 0 Å². The molecule has 0 saturated heterocycles. The number of rotatable bonds is 5. The van der Waals surface area contributed by atoms with E-state index in [1.54, 1.807) is 12.1 Å². The largest absolute Gasteiger partial charge is 0.480 e. The van der Waals surface area contributed by atoms with Gasteiger partial charge in [0.15, 0.2) is 0 Å². The summed E-state index contributed by atoms with van der Waals surface area (Å²) in [4.78, 5) is 11.2. The van der Waals surface area contributed by atoms with Crippen LogP contribution in [0.5, 0.6) is 0 Å². The van der Waals surface area contributed by atoms with Gasteiger partial charge >= 0.3 is 5.97 Å². The van der Waals surface area contributed by atoms with E-state index in [-0.39, 0.29) is 12.4 Å². The van der Waals surface area contributed by atoms with Crippen molar-refractivity contribution in [3.05, 3.63) is 66.1 Å². The van der Waals surface area contributed by atoms with E-state index in [2.05, 4.69) is 5.10 Å². The Hall–Kier alpha value is -2.95.